The maximum Gasteiger partial charge on any atom is 0.0662 e. The fourth-order valence-corrected chi connectivity index (χ4v) is 3.70. The van der Waals surface area contributed by atoms with Crippen molar-refractivity contribution in [3.63, 3.8) is 0 Å². The Bertz CT molecular complexity index is 264. The van der Waals surface area contributed by atoms with E-state index in [1.54, 1.807) is 0 Å². The highest BCUT2D eigenvalue weighted by molar-refractivity contribution is 4.95. The van der Waals surface area contributed by atoms with Crippen molar-refractivity contribution in [3.05, 3.63) is 0 Å². The lowest BCUT2D eigenvalue weighted by Gasteiger charge is -2.33. The Balaban J connectivity index is 1.90. The van der Waals surface area contributed by atoms with Crippen LogP contribution in [0, 0.1) is 11.8 Å². The summed E-state index contributed by atoms with van der Waals surface area (Å²) in [6.07, 6.45) is 5.27. The second kappa shape index (κ2) is 4.55. The molecule has 100 valence electrons. The Labute approximate surface area is 107 Å². The number of hydrogen-bond acceptors (Lipinski definition) is 2. The summed E-state index contributed by atoms with van der Waals surface area (Å²) < 4.78 is 6.19. The first-order valence-electron chi connectivity index (χ1n) is 7.22. The topological polar surface area (TPSA) is 21.3 Å². The van der Waals surface area contributed by atoms with Gasteiger partial charge in [0.25, 0.3) is 0 Å². The van der Waals surface area contributed by atoms with E-state index in [0.717, 1.165) is 17.9 Å². The van der Waals surface area contributed by atoms with Crippen molar-refractivity contribution in [2.75, 3.05) is 6.54 Å². The molecule has 2 aliphatic heterocycles. The summed E-state index contributed by atoms with van der Waals surface area (Å²) in [5.41, 5.74) is 0.135. The van der Waals surface area contributed by atoms with Gasteiger partial charge in [-0.15, -0.1) is 0 Å². The lowest BCUT2D eigenvalue weighted by Crippen LogP contribution is -2.39. The molecule has 0 spiro atoms. The molecule has 2 saturated heterocycles. The Morgan fingerprint density at radius 2 is 1.88 bits per heavy atom. The van der Waals surface area contributed by atoms with Gasteiger partial charge in [-0.3, -0.25) is 0 Å². The van der Waals surface area contributed by atoms with E-state index < -0.39 is 0 Å². The van der Waals surface area contributed by atoms with Gasteiger partial charge in [-0.2, -0.15) is 0 Å². The molecule has 2 nitrogen and oxygen atoms in total. The van der Waals surface area contributed by atoms with Gasteiger partial charge in [0.1, 0.15) is 0 Å². The van der Waals surface area contributed by atoms with E-state index in [1.165, 1.54) is 32.2 Å². The van der Waals surface area contributed by atoms with Crippen LogP contribution in [-0.2, 0) is 4.74 Å². The molecule has 0 aliphatic carbocycles. The van der Waals surface area contributed by atoms with Crippen molar-refractivity contribution in [1.82, 2.24) is 5.32 Å². The fraction of sp³-hybridized carbons (Fsp3) is 1.00. The maximum absolute atomic E-state index is 6.19. The molecule has 2 fully saturated rings. The van der Waals surface area contributed by atoms with Crippen LogP contribution in [-0.4, -0.2) is 23.8 Å². The molecule has 0 aromatic rings. The van der Waals surface area contributed by atoms with Gasteiger partial charge in [-0.05, 0) is 78.7 Å². The van der Waals surface area contributed by atoms with Gasteiger partial charge in [0.05, 0.1) is 11.2 Å². The quantitative estimate of drug-likeness (QED) is 0.798. The second-order valence-electron chi connectivity index (χ2n) is 7.35. The first kappa shape index (κ1) is 13.4. The lowest BCUT2D eigenvalue weighted by molar-refractivity contribution is -0.0766. The van der Waals surface area contributed by atoms with Crippen LogP contribution in [0.15, 0.2) is 0 Å². The third-order valence-corrected chi connectivity index (χ3v) is 4.64. The molecule has 1 N–H and O–H groups in total. The van der Waals surface area contributed by atoms with Crippen LogP contribution in [0.25, 0.3) is 0 Å². The van der Waals surface area contributed by atoms with Crippen molar-refractivity contribution >= 4 is 0 Å². The van der Waals surface area contributed by atoms with E-state index in [1.807, 2.05) is 0 Å². The van der Waals surface area contributed by atoms with Crippen LogP contribution in [0.1, 0.15) is 60.3 Å². The van der Waals surface area contributed by atoms with Crippen molar-refractivity contribution < 1.29 is 4.74 Å². The van der Waals surface area contributed by atoms with Gasteiger partial charge >= 0.3 is 0 Å². The van der Waals surface area contributed by atoms with Crippen LogP contribution in [0.5, 0.6) is 0 Å². The summed E-state index contributed by atoms with van der Waals surface area (Å²) in [5, 5.41) is 3.61. The second-order valence-corrected chi connectivity index (χ2v) is 7.35. The number of hydrogen-bond donors (Lipinski definition) is 1. The Kier molecular flexibility index (Phi) is 3.57. The molecule has 0 aromatic heterocycles. The first-order valence-corrected chi connectivity index (χ1v) is 7.22. The molecule has 3 atom stereocenters. The van der Waals surface area contributed by atoms with Crippen LogP contribution >= 0.6 is 0 Å². The van der Waals surface area contributed by atoms with E-state index in [0.29, 0.717) is 0 Å². The van der Waals surface area contributed by atoms with Crippen molar-refractivity contribution in [2.45, 2.75) is 77.5 Å². The summed E-state index contributed by atoms with van der Waals surface area (Å²) in [4.78, 5) is 0. The summed E-state index contributed by atoms with van der Waals surface area (Å²) in [6, 6.07) is 0.718. The molecular weight excluding hydrogens is 210 g/mol. The smallest absolute Gasteiger partial charge is 0.0662 e. The SMILES string of the molecule is CC1CCC(CC2CC(C)(C)OC2(C)C)CN1. The van der Waals surface area contributed by atoms with Crippen LogP contribution in [0.2, 0.25) is 0 Å². The summed E-state index contributed by atoms with van der Waals surface area (Å²) in [6.45, 7) is 12.5. The van der Waals surface area contributed by atoms with Gasteiger partial charge < -0.3 is 10.1 Å². The van der Waals surface area contributed by atoms with Gasteiger partial charge in [0.15, 0.2) is 0 Å². The minimum absolute atomic E-state index is 0.0621. The minimum atomic E-state index is 0.0621. The standard InChI is InChI=1S/C15H29NO/c1-11-6-7-12(10-16-11)8-13-9-14(2,3)17-15(13,4)5/h11-13,16H,6-10H2,1-5H3. The lowest BCUT2D eigenvalue weighted by atomic mass is 9.78. The molecule has 2 rings (SSSR count). The number of piperidine rings is 1. The molecule has 2 aliphatic rings. The zero-order valence-electron chi connectivity index (χ0n) is 12.2. The van der Waals surface area contributed by atoms with Crippen LogP contribution < -0.4 is 5.32 Å². The normalized spacial score (nSPS) is 40.4. The van der Waals surface area contributed by atoms with Crippen LogP contribution in [0.4, 0.5) is 0 Å². The maximum atomic E-state index is 6.19. The highest BCUT2D eigenvalue weighted by Crippen LogP contribution is 2.45. The third kappa shape index (κ3) is 3.23. The zero-order valence-corrected chi connectivity index (χ0v) is 12.2. The number of nitrogens with one attached hydrogen (secondary N) is 1. The third-order valence-electron chi connectivity index (χ3n) is 4.64. The molecule has 17 heavy (non-hydrogen) atoms. The zero-order chi connectivity index (χ0) is 12.7. The van der Waals surface area contributed by atoms with Crippen LogP contribution in [0.3, 0.4) is 0 Å². The van der Waals surface area contributed by atoms with E-state index in [9.17, 15) is 0 Å². The summed E-state index contributed by atoms with van der Waals surface area (Å²) >= 11 is 0. The molecule has 0 amide bonds. The Morgan fingerprint density at radius 1 is 1.18 bits per heavy atom. The van der Waals surface area contributed by atoms with Crippen molar-refractivity contribution in [2.24, 2.45) is 11.8 Å². The molecular formula is C15H29NO. The molecule has 0 radical (unpaired) electrons. The predicted molar refractivity (Wildman–Crippen MR) is 72.2 cm³/mol. The van der Waals surface area contributed by atoms with Gasteiger partial charge in [-0.25, -0.2) is 0 Å². The average Bonchev–Trinajstić information content (AvgIpc) is 2.38. The minimum Gasteiger partial charge on any atom is -0.369 e. The van der Waals surface area contributed by atoms with E-state index >= 15 is 0 Å². The monoisotopic (exact) mass is 239 g/mol. The van der Waals surface area contributed by atoms with Gasteiger partial charge in [0.2, 0.25) is 0 Å². The molecule has 3 unspecified atom stereocenters. The van der Waals surface area contributed by atoms with E-state index in [-0.39, 0.29) is 11.2 Å². The number of ether oxygens (including phenoxy) is 1. The van der Waals surface area contributed by atoms with Crippen molar-refractivity contribution in [3.8, 4) is 0 Å². The Morgan fingerprint density at radius 3 is 2.35 bits per heavy atom. The van der Waals surface area contributed by atoms with Gasteiger partial charge in [0, 0.05) is 6.04 Å². The fourth-order valence-electron chi connectivity index (χ4n) is 3.70. The van der Waals surface area contributed by atoms with Gasteiger partial charge in [-0.1, -0.05) is 0 Å². The summed E-state index contributed by atoms with van der Waals surface area (Å²) in [5.74, 6) is 1.57. The van der Waals surface area contributed by atoms with E-state index in [4.69, 9.17) is 4.74 Å². The molecule has 0 aromatic carbocycles. The molecule has 0 saturated carbocycles. The predicted octanol–water partition coefficient (Wildman–Crippen LogP) is 3.36. The average molecular weight is 239 g/mol. The highest BCUT2D eigenvalue weighted by Gasteiger charge is 2.46. The molecule has 0 bridgehead atoms. The largest absolute Gasteiger partial charge is 0.369 e. The highest BCUT2D eigenvalue weighted by atomic mass is 16.5. The molecule has 2 heterocycles. The first-order chi connectivity index (χ1) is 7.78. The van der Waals surface area contributed by atoms with E-state index in [2.05, 4.69) is 39.9 Å². The summed E-state index contributed by atoms with van der Waals surface area (Å²) in [7, 11) is 0. The van der Waals surface area contributed by atoms with Crippen molar-refractivity contribution in [1.29, 1.82) is 0 Å². The molecule has 2 heteroatoms. The number of rotatable bonds is 2. The Hall–Kier alpha value is -0.0800.